The van der Waals surface area contributed by atoms with Gasteiger partial charge in [-0.2, -0.15) is 0 Å². The van der Waals surface area contributed by atoms with Crippen LogP contribution in [0.15, 0.2) is 77.7 Å². The molecule has 4 unspecified atom stereocenters. The molecule has 2 rings (SSSR count). The third-order valence-electron chi connectivity index (χ3n) is 6.50. The topological polar surface area (TPSA) is 41.5 Å². The van der Waals surface area contributed by atoms with E-state index in [1.165, 1.54) is 17.7 Å². The summed E-state index contributed by atoms with van der Waals surface area (Å²) < 4.78 is 13.2. The van der Waals surface area contributed by atoms with Crippen molar-refractivity contribution >= 4 is 17.3 Å². The van der Waals surface area contributed by atoms with Gasteiger partial charge in [0.1, 0.15) is 5.83 Å². The third kappa shape index (κ3) is 7.74. The fraction of sp³-hybridized carbons (Fsp3) is 0.429. The molecule has 32 heavy (non-hydrogen) atoms. The Morgan fingerprint density at radius 2 is 1.84 bits per heavy atom. The highest BCUT2D eigenvalue weighted by Crippen LogP contribution is 2.28. The van der Waals surface area contributed by atoms with E-state index in [9.17, 15) is 9.18 Å². The van der Waals surface area contributed by atoms with Gasteiger partial charge in [0, 0.05) is 17.8 Å². The molecule has 0 spiro atoms. The minimum absolute atomic E-state index is 0.0386. The summed E-state index contributed by atoms with van der Waals surface area (Å²) in [6, 6.07) is 7.92. The molecular weight excluding hydrogens is 399 g/mol. The zero-order valence-electron chi connectivity index (χ0n) is 20.1. The Morgan fingerprint density at radius 3 is 2.47 bits per heavy atom. The molecule has 1 N–H and O–H groups in total. The predicted octanol–water partition coefficient (Wildman–Crippen LogP) is 7.58. The van der Waals surface area contributed by atoms with E-state index in [1.54, 1.807) is 12.3 Å². The van der Waals surface area contributed by atoms with Crippen LogP contribution in [0.5, 0.6) is 0 Å². The number of carbonyl (C=O) groups excluding carboxylic acids is 1. The maximum atomic E-state index is 13.2. The number of aryl methyl sites for hydroxylation is 1. The molecular formula is C28H37FN2O. The Hall–Kier alpha value is -2.75. The number of nitrogens with one attached hydrogen (secondary N) is 1. The van der Waals surface area contributed by atoms with Crippen molar-refractivity contribution in [3.8, 4) is 0 Å². The van der Waals surface area contributed by atoms with Crippen LogP contribution in [0, 0.1) is 30.6 Å². The highest BCUT2D eigenvalue weighted by molar-refractivity contribution is 6.11. The van der Waals surface area contributed by atoms with Crippen molar-refractivity contribution in [2.24, 2.45) is 28.7 Å². The van der Waals surface area contributed by atoms with E-state index in [0.717, 1.165) is 24.9 Å². The first kappa shape index (κ1) is 25.5. The number of rotatable bonds is 10. The molecule has 172 valence electrons. The van der Waals surface area contributed by atoms with Crippen LogP contribution in [-0.2, 0) is 4.79 Å². The van der Waals surface area contributed by atoms with E-state index >= 15 is 0 Å². The first-order valence-electron chi connectivity index (χ1n) is 11.6. The van der Waals surface area contributed by atoms with Crippen LogP contribution in [0.2, 0.25) is 0 Å². The number of carbonyl (C=O) groups is 1. The largest absolute Gasteiger partial charge is 0.326 e. The van der Waals surface area contributed by atoms with Crippen molar-refractivity contribution in [2.75, 3.05) is 5.32 Å². The number of nitrogens with zero attached hydrogens (tertiary/aromatic N) is 1. The van der Waals surface area contributed by atoms with E-state index in [4.69, 9.17) is 0 Å². The van der Waals surface area contributed by atoms with Gasteiger partial charge >= 0.3 is 0 Å². The second-order valence-electron chi connectivity index (χ2n) is 8.97. The molecule has 1 aromatic carbocycles. The van der Waals surface area contributed by atoms with Crippen molar-refractivity contribution in [2.45, 2.75) is 53.9 Å². The van der Waals surface area contributed by atoms with Crippen LogP contribution >= 0.6 is 0 Å². The summed E-state index contributed by atoms with van der Waals surface area (Å²) in [6.45, 7) is 14.5. The zero-order valence-corrected chi connectivity index (χ0v) is 20.1. The van der Waals surface area contributed by atoms with E-state index in [0.29, 0.717) is 29.0 Å². The third-order valence-corrected chi connectivity index (χ3v) is 6.50. The van der Waals surface area contributed by atoms with Crippen LogP contribution < -0.4 is 5.32 Å². The molecule has 0 aliphatic heterocycles. The average Bonchev–Trinajstić information content (AvgIpc) is 2.76. The lowest BCUT2D eigenvalue weighted by molar-refractivity contribution is -0.121. The van der Waals surface area contributed by atoms with Crippen molar-refractivity contribution in [3.05, 3.63) is 78.3 Å². The van der Waals surface area contributed by atoms with E-state index in [2.05, 4.69) is 43.7 Å². The molecule has 0 fully saturated rings. The second-order valence-corrected chi connectivity index (χ2v) is 8.97. The van der Waals surface area contributed by atoms with Gasteiger partial charge in [-0.25, -0.2) is 4.39 Å². The van der Waals surface area contributed by atoms with E-state index < -0.39 is 0 Å². The molecule has 0 saturated heterocycles. The molecule has 1 aliphatic carbocycles. The van der Waals surface area contributed by atoms with Gasteiger partial charge in [0.15, 0.2) is 0 Å². The lowest BCUT2D eigenvalue weighted by Gasteiger charge is -2.25. The number of amides is 1. The van der Waals surface area contributed by atoms with Crippen LogP contribution in [0.3, 0.4) is 0 Å². The smallest absolute Gasteiger partial charge is 0.227 e. The van der Waals surface area contributed by atoms with Gasteiger partial charge in [0.25, 0.3) is 0 Å². The van der Waals surface area contributed by atoms with Crippen molar-refractivity contribution in [1.29, 1.82) is 0 Å². The molecule has 1 amide bonds. The molecule has 1 aromatic rings. The predicted molar refractivity (Wildman–Crippen MR) is 134 cm³/mol. The molecule has 4 atom stereocenters. The molecule has 0 radical (unpaired) electrons. The van der Waals surface area contributed by atoms with Gasteiger partial charge in [-0.3, -0.25) is 9.79 Å². The molecule has 4 heteroatoms. The van der Waals surface area contributed by atoms with Gasteiger partial charge in [-0.15, -0.1) is 0 Å². The number of allylic oxidation sites excluding steroid dienone is 6. The normalized spacial score (nSPS) is 19.0. The number of benzene rings is 1. The molecule has 0 saturated carbocycles. The maximum absolute atomic E-state index is 13.2. The molecule has 0 heterocycles. The Bertz CT molecular complexity index is 908. The summed E-state index contributed by atoms with van der Waals surface area (Å²) in [6.07, 6.45) is 11.3. The fourth-order valence-electron chi connectivity index (χ4n) is 3.78. The average molecular weight is 437 g/mol. The van der Waals surface area contributed by atoms with Crippen molar-refractivity contribution < 1.29 is 9.18 Å². The number of hydrogen-bond acceptors (Lipinski definition) is 2. The number of anilines is 1. The van der Waals surface area contributed by atoms with Gasteiger partial charge in [-0.1, -0.05) is 64.5 Å². The Labute approximate surface area is 192 Å². The molecule has 1 aliphatic rings. The van der Waals surface area contributed by atoms with E-state index in [1.807, 2.05) is 38.1 Å². The van der Waals surface area contributed by atoms with Crippen molar-refractivity contribution in [3.63, 3.8) is 0 Å². The van der Waals surface area contributed by atoms with Crippen LogP contribution in [0.1, 0.15) is 52.5 Å². The SMILES string of the molecule is C=C1C=C(F)C=CC1=N/C=C\C(C)C(C)CCC(CC)C(C)C(=O)Nc1ccc(C)cc1. The number of hydrogen-bond donors (Lipinski definition) is 1. The van der Waals surface area contributed by atoms with Crippen LogP contribution in [0.25, 0.3) is 0 Å². The van der Waals surface area contributed by atoms with Gasteiger partial charge < -0.3 is 5.32 Å². The summed E-state index contributed by atoms with van der Waals surface area (Å²) in [5.41, 5.74) is 3.29. The molecule has 0 bridgehead atoms. The van der Waals surface area contributed by atoms with Gasteiger partial charge in [0.05, 0.1) is 5.71 Å². The van der Waals surface area contributed by atoms with Gasteiger partial charge in [0.2, 0.25) is 5.91 Å². The molecule has 3 nitrogen and oxygen atoms in total. The Kier molecular flexibility index (Phi) is 9.83. The fourth-order valence-corrected chi connectivity index (χ4v) is 3.78. The zero-order chi connectivity index (χ0) is 23.7. The minimum atomic E-state index is -0.299. The standard InChI is InChI=1S/C28H37FN2O/c1-7-24(23(6)28(32)31-26-13-8-19(2)9-14-26)11-10-20(3)21(4)16-17-30-27-15-12-25(29)18-22(27)5/h8-9,12-18,20-21,23-24H,5,7,10-11H2,1-4,6H3,(H,31,32)/b17-16-,30-27?. The quantitative estimate of drug-likeness (QED) is 0.403. The van der Waals surface area contributed by atoms with Crippen LogP contribution in [0.4, 0.5) is 10.1 Å². The lowest BCUT2D eigenvalue weighted by atomic mass is 9.82. The number of halogens is 1. The first-order valence-corrected chi connectivity index (χ1v) is 11.6. The lowest BCUT2D eigenvalue weighted by Crippen LogP contribution is -2.27. The Morgan fingerprint density at radius 1 is 1.16 bits per heavy atom. The molecule has 0 aromatic heterocycles. The minimum Gasteiger partial charge on any atom is -0.326 e. The summed E-state index contributed by atoms with van der Waals surface area (Å²) >= 11 is 0. The highest BCUT2D eigenvalue weighted by Gasteiger charge is 2.24. The van der Waals surface area contributed by atoms with Crippen molar-refractivity contribution in [1.82, 2.24) is 0 Å². The number of aliphatic imine (C=N–C) groups is 1. The monoisotopic (exact) mass is 436 g/mol. The maximum Gasteiger partial charge on any atom is 0.227 e. The second kappa shape index (κ2) is 12.3. The van der Waals surface area contributed by atoms with E-state index in [-0.39, 0.29) is 17.7 Å². The Balaban J connectivity index is 1.85. The highest BCUT2D eigenvalue weighted by atomic mass is 19.1. The van der Waals surface area contributed by atoms with Gasteiger partial charge in [-0.05, 0) is 73.5 Å². The summed E-state index contributed by atoms with van der Waals surface area (Å²) in [5, 5.41) is 3.05. The summed E-state index contributed by atoms with van der Waals surface area (Å²) in [4.78, 5) is 17.2. The summed E-state index contributed by atoms with van der Waals surface area (Å²) in [7, 11) is 0. The first-order chi connectivity index (χ1) is 15.2. The van der Waals surface area contributed by atoms with Crippen LogP contribution in [-0.4, -0.2) is 11.6 Å². The summed E-state index contributed by atoms with van der Waals surface area (Å²) in [5.74, 6) is 0.910.